The van der Waals surface area contributed by atoms with Crippen molar-refractivity contribution >= 4 is 17.6 Å². The molecule has 17 heavy (non-hydrogen) atoms. The highest BCUT2D eigenvalue weighted by Gasteiger charge is 2.25. The third-order valence-electron chi connectivity index (χ3n) is 2.60. The Morgan fingerprint density at radius 1 is 1.53 bits per heavy atom. The highest BCUT2D eigenvalue weighted by atomic mass is 16.5. The van der Waals surface area contributed by atoms with Gasteiger partial charge in [-0.3, -0.25) is 4.79 Å². The molecule has 1 aliphatic heterocycles. The Balaban J connectivity index is 2.44. The Morgan fingerprint density at radius 2 is 2.29 bits per heavy atom. The highest BCUT2D eigenvalue weighted by molar-refractivity contribution is 5.99. The Labute approximate surface area is 98.6 Å². The maximum absolute atomic E-state index is 11.7. The van der Waals surface area contributed by atoms with Crippen molar-refractivity contribution in [2.75, 3.05) is 18.1 Å². The van der Waals surface area contributed by atoms with Gasteiger partial charge >= 0.3 is 5.97 Å². The molecule has 0 aromatic heterocycles. The summed E-state index contributed by atoms with van der Waals surface area (Å²) in [5.41, 5.74) is 0.700. The lowest BCUT2D eigenvalue weighted by molar-refractivity contribution is -0.121. The van der Waals surface area contributed by atoms with E-state index in [9.17, 15) is 9.59 Å². The van der Waals surface area contributed by atoms with Crippen molar-refractivity contribution in [1.29, 1.82) is 0 Å². The van der Waals surface area contributed by atoms with Crippen molar-refractivity contribution in [3.8, 4) is 5.75 Å². The zero-order chi connectivity index (χ0) is 12.4. The molecule has 1 amide bonds. The number of carboxylic acid groups (broad SMARTS) is 1. The fraction of sp³-hybridized carbons (Fsp3) is 0.333. The van der Waals surface area contributed by atoms with Crippen molar-refractivity contribution in [2.24, 2.45) is 0 Å². The number of rotatable bonds is 3. The van der Waals surface area contributed by atoms with E-state index in [0.29, 0.717) is 18.0 Å². The summed E-state index contributed by atoms with van der Waals surface area (Å²) in [5.74, 6) is -0.591. The van der Waals surface area contributed by atoms with Crippen LogP contribution in [0.4, 0.5) is 5.69 Å². The predicted octanol–water partition coefficient (Wildman–Crippen LogP) is 1.52. The van der Waals surface area contributed by atoms with Gasteiger partial charge in [0.1, 0.15) is 5.75 Å². The van der Waals surface area contributed by atoms with E-state index < -0.39 is 5.97 Å². The van der Waals surface area contributed by atoms with E-state index in [1.165, 1.54) is 12.1 Å². The zero-order valence-electron chi connectivity index (χ0n) is 9.47. The van der Waals surface area contributed by atoms with Crippen molar-refractivity contribution in [2.45, 2.75) is 13.3 Å². The minimum atomic E-state index is -1.01. The third-order valence-corrected chi connectivity index (χ3v) is 2.60. The number of fused-ring (bicyclic) bond motifs is 1. The molecule has 1 N–H and O–H groups in total. The highest BCUT2D eigenvalue weighted by Crippen LogP contribution is 2.33. The van der Waals surface area contributed by atoms with Gasteiger partial charge in [0, 0.05) is 6.54 Å². The molecule has 0 aliphatic carbocycles. The molecule has 0 saturated heterocycles. The van der Waals surface area contributed by atoms with E-state index in [2.05, 4.69) is 0 Å². The molecular weight excluding hydrogens is 222 g/mol. The van der Waals surface area contributed by atoms with Crippen LogP contribution in [0.2, 0.25) is 0 Å². The second kappa shape index (κ2) is 4.45. The Hall–Kier alpha value is -2.04. The van der Waals surface area contributed by atoms with Crippen molar-refractivity contribution in [3.63, 3.8) is 0 Å². The minimum absolute atomic E-state index is 0.0133. The van der Waals surface area contributed by atoms with Gasteiger partial charge in [-0.1, -0.05) is 6.92 Å². The van der Waals surface area contributed by atoms with E-state index in [-0.39, 0.29) is 18.1 Å². The molecule has 1 heterocycles. The van der Waals surface area contributed by atoms with Crippen LogP contribution in [0.5, 0.6) is 5.75 Å². The topological polar surface area (TPSA) is 66.8 Å². The first-order chi connectivity index (χ1) is 8.13. The van der Waals surface area contributed by atoms with E-state index in [1.807, 2.05) is 6.92 Å². The van der Waals surface area contributed by atoms with E-state index in [4.69, 9.17) is 9.84 Å². The number of nitrogens with zero attached hydrogens (tertiary/aromatic N) is 1. The third kappa shape index (κ3) is 2.08. The maximum atomic E-state index is 11.7. The first kappa shape index (κ1) is 11.4. The summed E-state index contributed by atoms with van der Waals surface area (Å²) >= 11 is 0. The summed E-state index contributed by atoms with van der Waals surface area (Å²) < 4.78 is 5.26. The van der Waals surface area contributed by atoms with Crippen LogP contribution in [0.15, 0.2) is 18.2 Å². The Kier molecular flexibility index (Phi) is 2.99. The smallest absolute Gasteiger partial charge is 0.335 e. The van der Waals surface area contributed by atoms with Crippen LogP contribution in [0, 0.1) is 0 Å². The first-order valence-electron chi connectivity index (χ1n) is 5.44. The molecule has 90 valence electrons. The number of anilines is 1. The van der Waals surface area contributed by atoms with Crippen LogP contribution in [-0.4, -0.2) is 30.1 Å². The van der Waals surface area contributed by atoms with Crippen LogP contribution in [0.3, 0.4) is 0 Å². The van der Waals surface area contributed by atoms with Gasteiger partial charge in [-0.05, 0) is 24.6 Å². The lowest BCUT2D eigenvalue weighted by Gasteiger charge is -2.29. The zero-order valence-corrected chi connectivity index (χ0v) is 9.47. The number of carbonyl (C=O) groups excluding carboxylic acids is 1. The van der Waals surface area contributed by atoms with Gasteiger partial charge in [0.25, 0.3) is 5.91 Å². The fourth-order valence-electron chi connectivity index (χ4n) is 1.80. The first-order valence-corrected chi connectivity index (χ1v) is 5.44. The molecule has 0 fully saturated rings. The average Bonchev–Trinajstić information content (AvgIpc) is 2.32. The molecule has 0 radical (unpaired) electrons. The van der Waals surface area contributed by atoms with Crippen LogP contribution < -0.4 is 9.64 Å². The van der Waals surface area contributed by atoms with Gasteiger partial charge in [0.15, 0.2) is 6.61 Å². The van der Waals surface area contributed by atoms with Gasteiger partial charge in [-0.15, -0.1) is 0 Å². The van der Waals surface area contributed by atoms with Gasteiger partial charge < -0.3 is 14.7 Å². The average molecular weight is 235 g/mol. The second-order valence-electron chi connectivity index (χ2n) is 3.82. The monoisotopic (exact) mass is 235 g/mol. The predicted molar refractivity (Wildman–Crippen MR) is 61.5 cm³/mol. The number of benzene rings is 1. The van der Waals surface area contributed by atoms with Crippen LogP contribution in [0.25, 0.3) is 0 Å². The molecule has 5 heteroatoms. The molecule has 0 saturated carbocycles. The summed E-state index contributed by atoms with van der Waals surface area (Å²) in [7, 11) is 0. The van der Waals surface area contributed by atoms with Crippen molar-refractivity contribution in [3.05, 3.63) is 23.8 Å². The number of carbonyl (C=O) groups is 2. The molecule has 2 rings (SSSR count). The van der Waals surface area contributed by atoms with Crippen LogP contribution in [-0.2, 0) is 4.79 Å². The van der Waals surface area contributed by atoms with E-state index in [0.717, 1.165) is 6.42 Å². The van der Waals surface area contributed by atoms with E-state index in [1.54, 1.807) is 11.0 Å². The standard InChI is InChI=1S/C12H13NO4/c1-2-5-13-9-6-8(12(15)16)3-4-10(9)17-7-11(13)14/h3-4,6H,2,5,7H2,1H3,(H,15,16). The Morgan fingerprint density at radius 3 is 2.94 bits per heavy atom. The normalized spacial score (nSPS) is 14.2. The van der Waals surface area contributed by atoms with Gasteiger partial charge in [-0.25, -0.2) is 4.79 Å². The summed E-state index contributed by atoms with van der Waals surface area (Å²) in [4.78, 5) is 24.1. The molecule has 5 nitrogen and oxygen atoms in total. The summed E-state index contributed by atoms with van der Waals surface area (Å²) in [6.07, 6.45) is 0.808. The number of hydrogen-bond acceptors (Lipinski definition) is 3. The number of carboxylic acids is 1. The maximum Gasteiger partial charge on any atom is 0.335 e. The number of aromatic carboxylic acids is 1. The second-order valence-corrected chi connectivity index (χ2v) is 3.82. The van der Waals surface area contributed by atoms with Gasteiger partial charge in [-0.2, -0.15) is 0 Å². The SMILES string of the molecule is CCCN1C(=O)COc2ccc(C(=O)O)cc21. The number of amides is 1. The quantitative estimate of drug-likeness (QED) is 0.862. The Bertz CT molecular complexity index is 470. The summed E-state index contributed by atoms with van der Waals surface area (Å²) in [6.45, 7) is 2.54. The molecule has 0 spiro atoms. The van der Waals surface area contributed by atoms with Crippen LogP contribution >= 0.6 is 0 Å². The fourth-order valence-corrected chi connectivity index (χ4v) is 1.80. The van der Waals surface area contributed by atoms with Gasteiger partial charge in [0.2, 0.25) is 0 Å². The lowest BCUT2D eigenvalue weighted by atomic mass is 10.1. The van der Waals surface area contributed by atoms with Crippen molar-refractivity contribution < 1.29 is 19.4 Å². The summed E-state index contributed by atoms with van der Waals surface area (Å²) in [6, 6.07) is 4.54. The molecule has 1 aromatic rings. The molecular formula is C12H13NO4. The van der Waals surface area contributed by atoms with E-state index >= 15 is 0 Å². The van der Waals surface area contributed by atoms with Gasteiger partial charge in [0.05, 0.1) is 11.3 Å². The molecule has 1 aromatic carbocycles. The molecule has 0 unspecified atom stereocenters. The lowest BCUT2D eigenvalue weighted by Crippen LogP contribution is -2.39. The molecule has 1 aliphatic rings. The molecule has 0 atom stereocenters. The molecule has 0 bridgehead atoms. The van der Waals surface area contributed by atoms with Crippen LogP contribution in [0.1, 0.15) is 23.7 Å². The minimum Gasteiger partial charge on any atom is -0.482 e. The largest absolute Gasteiger partial charge is 0.482 e. The summed E-state index contributed by atoms with van der Waals surface area (Å²) in [5, 5.41) is 8.92. The number of ether oxygens (including phenoxy) is 1. The number of hydrogen-bond donors (Lipinski definition) is 1. The van der Waals surface area contributed by atoms with Crippen molar-refractivity contribution in [1.82, 2.24) is 0 Å².